The summed E-state index contributed by atoms with van der Waals surface area (Å²) in [7, 11) is 0. The monoisotopic (exact) mass is 429 g/mol. The van der Waals surface area contributed by atoms with Crippen molar-refractivity contribution in [3.63, 3.8) is 0 Å². The Morgan fingerprint density at radius 1 is 0.812 bits per heavy atom. The molecule has 0 spiro atoms. The van der Waals surface area contributed by atoms with Crippen LogP contribution in [0.3, 0.4) is 0 Å². The summed E-state index contributed by atoms with van der Waals surface area (Å²) in [6.45, 7) is 18.9. The highest BCUT2D eigenvalue weighted by Crippen LogP contribution is 2.51. The molecule has 0 saturated carbocycles. The highest BCUT2D eigenvalue weighted by atomic mass is 15.2. The highest BCUT2D eigenvalue weighted by Gasteiger charge is 2.56. The van der Waals surface area contributed by atoms with E-state index in [2.05, 4.69) is 119 Å². The molecule has 1 aromatic heterocycles. The third-order valence-electron chi connectivity index (χ3n) is 8.53. The average Bonchev–Trinajstić information content (AvgIpc) is 3.24. The summed E-state index contributed by atoms with van der Waals surface area (Å²) in [4.78, 5) is 0. The van der Waals surface area contributed by atoms with Gasteiger partial charge in [0, 0.05) is 16.5 Å². The predicted octanol–water partition coefficient (Wildman–Crippen LogP) is 7.88. The minimum Gasteiger partial charge on any atom is -0.223 e. The van der Waals surface area contributed by atoms with Crippen LogP contribution in [0.4, 0.5) is 0 Å². The molecule has 0 fully saturated rings. The highest BCUT2D eigenvalue weighted by molar-refractivity contribution is 5.66. The van der Waals surface area contributed by atoms with Crippen molar-refractivity contribution < 1.29 is 4.57 Å². The summed E-state index contributed by atoms with van der Waals surface area (Å²) >= 11 is 0. The van der Waals surface area contributed by atoms with Gasteiger partial charge in [0.1, 0.15) is 23.6 Å². The fourth-order valence-corrected chi connectivity index (χ4v) is 6.53. The zero-order valence-electron chi connectivity index (χ0n) is 21.4. The fourth-order valence-electron chi connectivity index (χ4n) is 6.53. The number of nitrogens with zero attached hydrogens (tertiary/aromatic N) is 2. The van der Waals surface area contributed by atoms with Gasteiger partial charge in [-0.25, -0.2) is 4.57 Å². The van der Waals surface area contributed by atoms with E-state index in [1.807, 2.05) is 0 Å². The Morgan fingerprint density at radius 3 is 1.94 bits per heavy atom. The molecule has 0 saturated heterocycles. The van der Waals surface area contributed by atoms with Gasteiger partial charge in [0.2, 0.25) is 0 Å². The van der Waals surface area contributed by atoms with Crippen molar-refractivity contribution in [1.29, 1.82) is 0 Å². The first-order valence-electron chi connectivity index (χ1n) is 12.6. The summed E-state index contributed by atoms with van der Waals surface area (Å²) < 4.78 is 5.15. The second-order valence-corrected chi connectivity index (χ2v) is 10.4. The second-order valence-electron chi connectivity index (χ2n) is 10.4. The van der Waals surface area contributed by atoms with Gasteiger partial charge < -0.3 is 0 Å². The van der Waals surface area contributed by atoms with Crippen LogP contribution >= 0.6 is 0 Å². The van der Waals surface area contributed by atoms with E-state index in [-0.39, 0.29) is 11.0 Å². The smallest absolute Gasteiger partial charge is 0.223 e. The minimum atomic E-state index is 0.0570. The number of rotatable bonds is 6. The second kappa shape index (κ2) is 8.21. The Balaban J connectivity index is 2.15. The molecule has 4 rings (SSSR count). The zero-order chi connectivity index (χ0) is 23.3. The molecule has 0 aliphatic carbocycles. The van der Waals surface area contributed by atoms with Crippen molar-refractivity contribution in [3.05, 3.63) is 71.5 Å². The Kier molecular flexibility index (Phi) is 5.86. The van der Waals surface area contributed by atoms with E-state index < -0.39 is 0 Å². The van der Waals surface area contributed by atoms with E-state index in [0.717, 1.165) is 19.3 Å². The molecule has 3 aromatic rings. The van der Waals surface area contributed by atoms with Crippen molar-refractivity contribution >= 4 is 0 Å². The molecule has 2 aromatic carbocycles. The van der Waals surface area contributed by atoms with Crippen LogP contribution in [0.2, 0.25) is 0 Å². The van der Waals surface area contributed by atoms with Crippen molar-refractivity contribution in [1.82, 2.24) is 4.57 Å². The molecule has 2 heteroatoms. The summed E-state index contributed by atoms with van der Waals surface area (Å²) in [6.07, 6.45) is 8.07. The summed E-state index contributed by atoms with van der Waals surface area (Å²) in [5.74, 6) is 2.27. The van der Waals surface area contributed by atoms with Gasteiger partial charge in [0.05, 0.1) is 5.56 Å². The molecule has 32 heavy (non-hydrogen) atoms. The maximum Gasteiger partial charge on any atom is 0.294 e. The minimum absolute atomic E-state index is 0.0570. The van der Waals surface area contributed by atoms with Crippen molar-refractivity contribution in [2.24, 2.45) is 0 Å². The summed E-state index contributed by atoms with van der Waals surface area (Å²) in [5.41, 5.74) is 7.26. The molecule has 2 nitrogen and oxygen atoms in total. The lowest BCUT2D eigenvalue weighted by atomic mass is 9.59. The maximum absolute atomic E-state index is 2.64. The van der Waals surface area contributed by atoms with E-state index in [1.165, 1.54) is 33.8 Å². The average molecular weight is 430 g/mol. The molecule has 170 valence electrons. The quantitative estimate of drug-likeness (QED) is 0.352. The molecular weight excluding hydrogens is 388 g/mol. The van der Waals surface area contributed by atoms with Crippen LogP contribution in [0, 0.1) is 0 Å². The first kappa shape index (κ1) is 22.8. The van der Waals surface area contributed by atoms with Crippen LogP contribution in [0.15, 0.2) is 54.9 Å². The van der Waals surface area contributed by atoms with Gasteiger partial charge in [0.25, 0.3) is 5.82 Å². The normalized spacial score (nSPS) is 19.3. The number of para-hydroxylation sites is 1. The largest absolute Gasteiger partial charge is 0.294 e. The number of fused-ring (bicyclic) bond motifs is 3. The third-order valence-corrected chi connectivity index (χ3v) is 8.53. The predicted molar refractivity (Wildman–Crippen MR) is 136 cm³/mol. The molecule has 2 heterocycles. The maximum atomic E-state index is 2.64. The third kappa shape index (κ3) is 2.95. The first-order valence-corrected chi connectivity index (χ1v) is 12.6. The number of hydrogen-bond donors (Lipinski definition) is 0. The van der Waals surface area contributed by atoms with Gasteiger partial charge in [-0.2, -0.15) is 4.57 Å². The Morgan fingerprint density at radius 2 is 1.41 bits per heavy atom. The number of imidazole rings is 1. The van der Waals surface area contributed by atoms with Gasteiger partial charge in [-0.15, -0.1) is 0 Å². The summed E-state index contributed by atoms with van der Waals surface area (Å²) in [6, 6.07) is 16.0. The molecule has 1 unspecified atom stereocenters. The molecule has 1 aliphatic heterocycles. The molecule has 1 aliphatic rings. The van der Waals surface area contributed by atoms with E-state index in [9.17, 15) is 0 Å². The lowest BCUT2D eigenvalue weighted by molar-refractivity contribution is -0.768. The topological polar surface area (TPSA) is 8.81 Å². The lowest BCUT2D eigenvalue weighted by Crippen LogP contribution is -2.68. The molecule has 0 bridgehead atoms. The standard InChI is InChI=1S/C30H41N2/c1-9-29(8)26-18-13-12-15-25(26)28-31(19-20-32(28)30(29,10-2)11-3)27-23(21(4)5)16-14-17-24(27)22(6)7/h12-22H,9-11H2,1-8H3/q+1. The Labute approximate surface area is 195 Å². The van der Waals surface area contributed by atoms with E-state index in [1.54, 1.807) is 0 Å². The zero-order valence-corrected chi connectivity index (χ0v) is 21.4. The molecule has 1 atom stereocenters. The molecular formula is C30H41N2+. The molecule has 0 radical (unpaired) electrons. The number of aromatic nitrogens is 2. The SMILES string of the molecule is CCC1(C)c2ccccc2-c2n(-c3c(C(C)C)cccc3C(C)C)cc[n+]2C1(CC)CC. The Bertz CT molecular complexity index is 1090. The van der Waals surface area contributed by atoms with Crippen LogP contribution in [-0.4, -0.2) is 4.57 Å². The van der Waals surface area contributed by atoms with Crippen LogP contribution in [0.25, 0.3) is 17.1 Å². The fraction of sp³-hybridized carbons (Fsp3) is 0.500. The van der Waals surface area contributed by atoms with Gasteiger partial charge in [-0.05, 0) is 42.7 Å². The van der Waals surface area contributed by atoms with Crippen molar-refractivity contribution in [2.45, 2.75) is 97.4 Å². The van der Waals surface area contributed by atoms with Gasteiger partial charge in [-0.1, -0.05) is 91.8 Å². The lowest BCUT2D eigenvalue weighted by Gasteiger charge is -2.49. The van der Waals surface area contributed by atoms with Gasteiger partial charge in [0.15, 0.2) is 0 Å². The van der Waals surface area contributed by atoms with Crippen LogP contribution in [0.1, 0.15) is 103 Å². The first-order chi connectivity index (χ1) is 15.3. The van der Waals surface area contributed by atoms with Crippen molar-refractivity contribution in [3.8, 4) is 17.1 Å². The van der Waals surface area contributed by atoms with E-state index in [4.69, 9.17) is 0 Å². The van der Waals surface area contributed by atoms with Crippen LogP contribution in [-0.2, 0) is 11.0 Å². The van der Waals surface area contributed by atoms with E-state index in [0.29, 0.717) is 11.8 Å². The number of benzene rings is 2. The van der Waals surface area contributed by atoms with Gasteiger partial charge in [-0.3, -0.25) is 0 Å². The summed E-state index contributed by atoms with van der Waals surface area (Å²) in [5, 5.41) is 0. The Hall–Kier alpha value is -2.35. The van der Waals surface area contributed by atoms with Gasteiger partial charge >= 0.3 is 0 Å². The molecule has 0 amide bonds. The van der Waals surface area contributed by atoms with Crippen molar-refractivity contribution in [2.75, 3.05) is 0 Å². The number of hydrogen-bond acceptors (Lipinski definition) is 0. The molecule has 0 N–H and O–H groups in total. The van der Waals surface area contributed by atoms with Crippen LogP contribution in [0.5, 0.6) is 0 Å². The van der Waals surface area contributed by atoms with E-state index >= 15 is 0 Å². The van der Waals surface area contributed by atoms with Crippen LogP contribution < -0.4 is 4.57 Å².